The Morgan fingerprint density at radius 1 is 0.800 bits per heavy atom. The van der Waals surface area contributed by atoms with Crippen LogP contribution in [0, 0.1) is 11.8 Å². The zero-order valence-corrected chi connectivity index (χ0v) is 30.2. The van der Waals surface area contributed by atoms with Crippen LogP contribution in [0.25, 0.3) is 0 Å². The predicted octanol–water partition coefficient (Wildman–Crippen LogP) is 5.57. The van der Waals surface area contributed by atoms with Gasteiger partial charge in [0.05, 0.1) is 25.0 Å². The van der Waals surface area contributed by atoms with Crippen molar-refractivity contribution in [2.24, 2.45) is 11.8 Å². The van der Waals surface area contributed by atoms with E-state index < -0.39 is 8.32 Å². The summed E-state index contributed by atoms with van der Waals surface area (Å²) in [5, 5.41) is 13.1. The van der Waals surface area contributed by atoms with Gasteiger partial charge in [0, 0.05) is 13.1 Å². The molecule has 258 valence electrons. The van der Waals surface area contributed by atoms with Gasteiger partial charge >= 0.3 is 11.9 Å². The molecule has 0 amide bonds. The number of cyclic esters (lactones) is 2. The minimum atomic E-state index is -1.85. The minimum absolute atomic E-state index is 0.0521. The lowest BCUT2D eigenvalue weighted by Gasteiger charge is -2.37. The molecule has 4 heterocycles. The molecule has 8 atom stereocenters. The lowest BCUT2D eigenvalue weighted by atomic mass is 9.93. The second-order valence-corrected chi connectivity index (χ2v) is 19.0. The molecule has 4 rings (SSSR count). The second kappa shape index (κ2) is 17.0. The molecule has 0 aliphatic carbocycles. The van der Waals surface area contributed by atoms with Crippen LogP contribution in [-0.4, -0.2) is 98.3 Å². The first-order valence-electron chi connectivity index (χ1n) is 17.1. The zero-order chi connectivity index (χ0) is 33.4. The second-order valence-electron chi connectivity index (χ2n) is 14.2. The number of aliphatic hydroxyl groups is 1. The van der Waals surface area contributed by atoms with E-state index in [0.717, 1.165) is 45.1 Å². The van der Waals surface area contributed by atoms with Gasteiger partial charge in [0.15, 0.2) is 8.32 Å². The Labute approximate surface area is 272 Å². The van der Waals surface area contributed by atoms with Crippen molar-refractivity contribution in [1.82, 2.24) is 10.1 Å². The van der Waals surface area contributed by atoms with Crippen LogP contribution in [0.4, 0.5) is 0 Å². The molecule has 4 fully saturated rings. The van der Waals surface area contributed by atoms with Gasteiger partial charge in [-0.1, -0.05) is 58.9 Å². The minimum Gasteiger partial charge on any atom is -0.461 e. The number of carbonyl (C=O) groups is 2. The quantitative estimate of drug-likeness (QED) is 0.111. The summed E-state index contributed by atoms with van der Waals surface area (Å²) in [6.45, 7) is 21.2. The lowest BCUT2D eigenvalue weighted by molar-refractivity contribution is -0.191. The van der Waals surface area contributed by atoms with Gasteiger partial charge < -0.3 is 19.0 Å². The third kappa shape index (κ3) is 9.49. The number of ether oxygens (including phenoxy) is 2. The number of rotatable bonds is 14. The summed E-state index contributed by atoms with van der Waals surface area (Å²) in [5.74, 6) is -0.374. The normalized spacial score (nSPS) is 32.2. The molecule has 0 bridgehead atoms. The van der Waals surface area contributed by atoms with Crippen molar-refractivity contribution in [3.8, 4) is 0 Å². The third-order valence-electron chi connectivity index (χ3n) is 9.82. The maximum Gasteiger partial charge on any atom is 0.326 e. The number of unbranched alkanes of at least 4 members (excludes halogenated alkanes) is 2. The molecule has 0 radical (unpaired) electrons. The van der Waals surface area contributed by atoms with Gasteiger partial charge in [-0.2, -0.15) is 10.1 Å². The van der Waals surface area contributed by atoms with E-state index in [4.69, 9.17) is 23.6 Å². The summed E-state index contributed by atoms with van der Waals surface area (Å²) in [5.41, 5.74) is 0. The molecule has 4 aliphatic heterocycles. The van der Waals surface area contributed by atoms with E-state index in [1.54, 1.807) is 5.06 Å². The van der Waals surface area contributed by atoms with E-state index in [1.165, 1.54) is 0 Å². The number of aliphatic hydroxyl groups excluding tert-OH is 1. The predicted molar refractivity (Wildman–Crippen MR) is 176 cm³/mol. The number of esters is 2. The highest BCUT2D eigenvalue weighted by Gasteiger charge is 2.57. The van der Waals surface area contributed by atoms with Crippen molar-refractivity contribution in [2.75, 3.05) is 26.3 Å². The Balaban J connectivity index is 0.000000257. The number of fused-ring (bicyclic) bond motifs is 2. The first-order chi connectivity index (χ1) is 21.3. The van der Waals surface area contributed by atoms with Gasteiger partial charge in [0.25, 0.3) is 0 Å². The number of allylic oxidation sites excluding steroid dienone is 4. The lowest BCUT2D eigenvalue weighted by Crippen LogP contribution is -2.44. The van der Waals surface area contributed by atoms with E-state index in [0.29, 0.717) is 13.2 Å². The number of hydroxylamine groups is 4. The summed E-state index contributed by atoms with van der Waals surface area (Å²) >= 11 is 0. The summed E-state index contributed by atoms with van der Waals surface area (Å²) in [4.78, 5) is 36.0. The van der Waals surface area contributed by atoms with Gasteiger partial charge in [-0.05, 0) is 70.5 Å². The van der Waals surface area contributed by atoms with Crippen LogP contribution in [0.15, 0.2) is 24.3 Å². The summed E-state index contributed by atoms with van der Waals surface area (Å²) in [6, 6.07) is -0.629. The van der Waals surface area contributed by atoms with E-state index in [9.17, 15) is 14.7 Å². The van der Waals surface area contributed by atoms with Gasteiger partial charge in [-0.3, -0.25) is 19.3 Å². The van der Waals surface area contributed by atoms with Crippen LogP contribution in [0.2, 0.25) is 18.1 Å². The fraction of sp³-hybridized carbons (Fsp3) is 0.824. The van der Waals surface area contributed by atoms with Crippen LogP contribution in [0.1, 0.15) is 87.0 Å². The average molecular weight is 653 g/mol. The van der Waals surface area contributed by atoms with Gasteiger partial charge in [-0.15, -0.1) is 0 Å². The molecular weight excluding hydrogens is 592 g/mol. The summed E-state index contributed by atoms with van der Waals surface area (Å²) in [6.07, 6.45) is 13.9. The van der Waals surface area contributed by atoms with Gasteiger partial charge in [0.2, 0.25) is 0 Å². The fourth-order valence-electron chi connectivity index (χ4n) is 6.23. The van der Waals surface area contributed by atoms with Crippen molar-refractivity contribution < 1.29 is 38.3 Å². The molecule has 10 nitrogen and oxygen atoms in total. The monoisotopic (exact) mass is 652 g/mol. The van der Waals surface area contributed by atoms with Gasteiger partial charge in [0.1, 0.15) is 36.5 Å². The van der Waals surface area contributed by atoms with Crippen molar-refractivity contribution in [3.63, 3.8) is 0 Å². The Kier molecular flexibility index (Phi) is 14.3. The molecule has 4 saturated heterocycles. The number of hydrogen-bond donors (Lipinski definition) is 1. The highest BCUT2D eigenvalue weighted by molar-refractivity contribution is 6.74. The van der Waals surface area contributed by atoms with Crippen molar-refractivity contribution in [3.05, 3.63) is 24.3 Å². The SMILES string of the molecule is CC/C=C\CCCN1O[C@@H](CO)[C@H]2[C@H](C)OC(=O)[C@H]21.CC/C=C\CCCN1O[C@@H](CO[Si](C)(C)C(C)(C)C)[C@H]2[C@H](C)OC(=O)[C@H]21. The van der Waals surface area contributed by atoms with E-state index in [1.807, 2.05) is 18.9 Å². The maximum absolute atomic E-state index is 12.3. The van der Waals surface area contributed by atoms with Crippen molar-refractivity contribution in [2.45, 2.75) is 142 Å². The first-order valence-corrected chi connectivity index (χ1v) is 20.0. The first kappa shape index (κ1) is 37.9. The Bertz CT molecular complexity index is 1010. The van der Waals surface area contributed by atoms with Crippen LogP contribution in [0.3, 0.4) is 0 Å². The van der Waals surface area contributed by atoms with Gasteiger partial charge in [-0.25, -0.2) is 0 Å². The molecule has 0 unspecified atom stereocenters. The zero-order valence-electron chi connectivity index (χ0n) is 29.2. The van der Waals surface area contributed by atoms with Crippen molar-refractivity contribution >= 4 is 20.3 Å². The molecular formula is C34H60N2O8Si. The molecule has 1 N–H and O–H groups in total. The molecule has 4 aliphatic rings. The van der Waals surface area contributed by atoms with Crippen molar-refractivity contribution in [1.29, 1.82) is 0 Å². The molecule has 45 heavy (non-hydrogen) atoms. The summed E-state index contributed by atoms with van der Waals surface area (Å²) < 4.78 is 17.1. The molecule has 0 aromatic rings. The van der Waals surface area contributed by atoms with Crippen LogP contribution < -0.4 is 0 Å². The topological polar surface area (TPSA) is 107 Å². The van der Waals surface area contributed by atoms with Crippen LogP contribution >= 0.6 is 0 Å². The van der Waals surface area contributed by atoms with E-state index >= 15 is 0 Å². The fourth-order valence-corrected chi connectivity index (χ4v) is 7.24. The highest BCUT2D eigenvalue weighted by atomic mass is 28.4. The number of hydrogen-bond acceptors (Lipinski definition) is 10. The van der Waals surface area contributed by atoms with Crippen LogP contribution in [-0.2, 0) is 33.2 Å². The molecule has 11 heteroatoms. The Morgan fingerprint density at radius 3 is 1.67 bits per heavy atom. The van der Waals surface area contributed by atoms with E-state index in [2.05, 4.69) is 72.0 Å². The molecule has 0 saturated carbocycles. The molecule has 0 aromatic carbocycles. The highest BCUT2D eigenvalue weighted by Crippen LogP contribution is 2.41. The maximum atomic E-state index is 12.3. The smallest absolute Gasteiger partial charge is 0.326 e. The Morgan fingerprint density at radius 2 is 1.24 bits per heavy atom. The molecule has 0 aromatic heterocycles. The average Bonchev–Trinajstić information content (AvgIpc) is 3.69. The number of carbonyl (C=O) groups excluding carboxylic acids is 2. The van der Waals surface area contributed by atoms with E-state index in [-0.39, 0.29) is 71.9 Å². The van der Waals surface area contributed by atoms with Crippen LogP contribution in [0.5, 0.6) is 0 Å². The largest absolute Gasteiger partial charge is 0.461 e. The Hall–Kier alpha value is -1.60. The molecule has 0 spiro atoms. The standard InChI is InChI=1S/C20H37NO4Si.C14H23NO4/c1-8-9-10-11-12-13-21-18-17(15(2)24-19(18)22)16(25-21)14-23-26(6,7)20(3,4)5;1-3-4-5-6-7-8-15-13-12(11(9-16)19-15)10(2)18-14(13)17/h9-10,15-18H,8,11-14H2,1-7H3;4-5,10-13,16H,3,6-9H2,1-2H3/b10-9-;5-4-/t15-,16-,17+,18-;10-,11-,12+,13-/m00/s1. The number of nitrogens with zero attached hydrogens (tertiary/aromatic N) is 2. The summed E-state index contributed by atoms with van der Waals surface area (Å²) in [7, 11) is -1.85. The third-order valence-corrected chi connectivity index (χ3v) is 14.3.